The summed E-state index contributed by atoms with van der Waals surface area (Å²) < 4.78 is 0. The molecule has 0 saturated heterocycles. The minimum Gasteiger partial charge on any atom is -0.507 e. The second-order valence-corrected chi connectivity index (χ2v) is 4.96. The van der Waals surface area contributed by atoms with E-state index in [2.05, 4.69) is 17.5 Å². The van der Waals surface area contributed by atoms with Crippen LogP contribution in [0.25, 0.3) is 0 Å². The SMILES string of the molecule is O=C(NCC1CC=CCC1)c1ccc(Cl)cc1O. The summed E-state index contributed by atoms with van der Waals surface area (Å²) in [6, 6.07) is 4.51. The standard InChI is InChI=1S/C14H16ClNO2/c15-11-6-7-12(13(17)8-11)14(18)16-9-10-4-2-1-3-5-10/h1-2,6-8,10,17H,3-5,9H2,(H,16,18). The maximum absolute atomic E-state index is 11.9. The van der Waals surface area contributed by atoms with Crippen molar-refractivity contribution < 1.29 is 9.90 Å². The average Bonchev–Trinajstić information content (AvgIpc) is 2.37. The molecule has 1 aromatic carbocycles. The third kappa shape index (κ3) is 3.26. The highest BCUT2D eigenvalue weighted by atomic mass is 35.5. The van der Waals surface area contributed by atoms with Gasteiger partial charge in [0, 0.05) is 11.6 Å². The van der Waals surface area contributed by atoms with Gasteiger partial charge in [0.05, 0.1) is 5.56 Å². The number of aromatic hydroxyl groups is 1. The summed E-state index contributed by atoms with van der Waals surface area (Å²) in [5.74, 6) is 0.163. The van der Waals surface area contributed by atoms with Gasteiger partial charge in [-0.1, -0.05) is 23.8 Å². The summed E-state index contributed by atoms with van der Waals surface area (Å²) in [5.41, 5.74) is 0.269. The topological polar surface area (TPSA) is 49.3 Å². The molecule has 2 N–H and O–H groups in total. The van der Waals surface area contributed by atoms with Crippen molar-refractivity contribution in [2.24, 2.45) is 5.92 Å². The number of nitrogens with one attached hydrogen (secondary N) is 1. The van der Waals surface area contributed by atoms with Gasteiger partial charge in [0.1, 0.15) is 5.75 Å². The van der Waals surface area contributed by atoms with E-state index >= 15 is 0 Å². The normalized spacial score (nSPS) is 18.6. The van der Waals surface area contributed by atoms with Gasteiger partial charge in [0.15, 0.2) is 0 Å². The van der Waals surface area contributed by atoms with E-state index in [0.717, 1.165) is 19.3 Å². The lowest BCUT2D eigenvalue weighted by molar-refractivity contribution is 0.0943. The molecule has 96 valence electrons. The molecule has 18 heavy (non-hydrogen) atoms. The molecule has 0 fully saturated rings. The third-order valence-electron chi connectivity index (χ3n) is 3.13. The van der Waals surface area contributed by atoms with Gasteiger partial charge in [-0.2, -0.15) is 0 Å². The molecule has 1 atom stereocenters. The molecular weight excluding hydrogens is 250 g/mol. The van der Waals surface area contributed by atoms with Crippen molar-refractivity contribution >= 4 is 17.5 Å². The summed E-state index contributed by atoms with van der Waals surface area (Å²) >= 11 is 5.72. The van der Waals surface area contributed by atoms with E-state index in [1.165, 1.54) is 12.1 Å². The number of phenolic OH excluding ortho intramolecular Hbond substituents is 1. The molecule has 1 aliphatic rings. The van der Waals surface area contributed by atoms with Crippen LogP contribution in [0.4, 0.5) is 0 Å². The quantitative estimate of drug-likeness (QED) is 0.825. The van der Waals surface area contributed by atoms with Gasteiger partial charge in [-0.25, -0.2) is 0 Å². The molecule has 1 aromatic rings. The summed E-state index contributed by atoms with van der Waals surface area (Å²) in [6.07, 6.45) is 7.51. The molecule has 0 radical (unpaired) electrons. The van der Waals surface area contributed by atoms with Gasteiger partial charge in [-0.15, -0.1) is 0 Å². The maximum Gasteiger partial charge on any atom is 0.255 e. The Labute approximate surface area is 111 Å². The fraction of sp³-hybridized carbons (Fsp3) is 0.357. The van der Waals surface area contributed by atoms with Gasteiger partial charge in [-0.3, -0.25) is 4.79 Å². The highest BCUT2D eigenvalue weighted by Gasteiger charge is 2.14. The van der Waals surface area contributed by atoms with Crippen LogP contribution in [0.5, 0.6) is 5.75 Å². The predicted molar refractivity (Wildman–Crippen MR) is 71.9 cm³/mol. The van der Waals surface area contributed by atoms with E-state index in [-0.39, 0.29) is 17.2 Å². The van der Waals surface area contributed by atoms with Crippen LogP contribution in [0.3, 0.4) is 0 Å². The molecule has 1 aliphatic carbocycles. The Kier molecular flexibility index (Phi) is 4.26. The molecular formula is C14H16ClNO2. The molecule has 1 unspecified atom stereocenters. The molecule has 2 rings (SSSR count). The minimum absolute atomic E-state index is 0.0801. The van der Waals surface area contributed by atoms with Crippen LogP contribution in [0.1, 0.15) is 29.6 Å². The number of carbonyl (C=O) groups is 1. The van der Waals surface area contributed by atoms with E-state index in [0.29, 0.717) is 17.5 Å². The lowest BCUT2D eigenvalue weighted by Gasteiger charge is -2.18. The molecule has 0 aromatic heterocycles. The summed E-state index contributed by atoms with van der Waals surface area (Å²) in [6.45, 7) is 0.644. The van der Waals surface area contributed by atoms with Crippen LogP contribution >= 0.6 is 11.6 Å². The third-order valence-corrected chi connectivity index (χ3v) is 3.37. The van der Waals surface area contributed by atoms with Crippen LogP contribution in [-0.4, -0.2) is 17.6 Å². The number of halogens is 1. The first-order chi connectivity index (χ1) is 8.66. The Hall–Kier alpha value is -1.48. The molecule has 1 amide bonds. The smallest absolute Gasteiger partial charge is 0.255 e. The first kappa shape index (κ1) is 13.0. The molecule has 0 saturated carbocycles. The fourth-order valence-corrected chi connectivity index (χ4v) is 2.24. The van der Waals surface area contributed by atoms with Crippen molar-refractivity contribution in [3.05, 3.63) is 40.9 Å². The lowest BCUT2D eigenvalue weighted by atomic mass is 9.94. The zero-order chi connectivity index (χ0) is 13.0. The Bertz CT molecular complexity index is 471. The second kappa shape index (κ2) is 5.91. The van der Waals surface area contributed by atoms with E-state index < -0.39 is 0 Å². The number of phenols is 1. The number of allylic oxidation sites excluding steroid dienone is 2. The van der Waals surface area contributed by atoms with Gasteiger partial charge in [-0.05, 0) is 43.4 Å². The zero-order valence-electron chi connectivity index (χ0n) is 10.0. The van der Waals surface area contributed by atoms with Crippen molar-refractivity contribution in [3.8, 4) is 5.75 Å². The highest BCUT2D eigenvalue weighted by molar-refractivity contribution is 6.30. The number of hydrogen-bond acceptors (Lipinski definition) is 2. The average molecular weight is 266 g/mol. The van der Waals surface area contributed by atoms with Crippen LogP contribution in [0.15, 0.2) is 30.4 Å². The molecule has 3 nitrogen and oxygen atoms in total. The van der Waals surface area contributed by atoms with Crippen molar-refractivity contribution in [2.45, 2.75) is 19.3 Å². The molecule has 0 bridgehead atoms. The van der Waals surface area contributed by atoms with Crippen molar-refractivity contribution in [3.63, 3.8) is 0 Å². The van der Waals surface area contributed by atoms with Gasteiger partial charge in [0.25, 0.3) is 5.91 Å². The zero-order valence-corrected chi connectivity index (χ0v) is 10.8. The Morgan fingerprint density at radius 1 is 1.44 bits per heavy atom. The van der Waals surface area contributed by atoms with Crippen LogP contribution < -0.4 is 5.32 Å². The first-order valence-corrected chi connectivity index (χ1v) is 6.46. The van der Waals surface area contributed by atoms with Crippen LogP contribution in [-0.2, 0) is 0 Å². The largest absolute Gasteiger partial charge is 0.507 e. The van der Waals surface area contributed by atoms with Gasteiger partial charge < -0.3 is 10.4 Å². The number of carbonyl (C=O) groups excluding carboxylic acids is 1. The predicted octanol–water partition coefficient (Wildman–Crippen LogP) is 3.13. The lowest BCUT2D eigenvalue weighted by Crippen LogP contribution is -2.29. The maximum atomic E-state index is 11.9. The van der Waals surface area contributed by atoms with E-state index in [1.807, 2.05) is 0 Å². The first-order valence-electron chi connectivity index (χ1n) is 6.08. The summed E-state index contributed by atoms with van der Waals surface area (Å²) in [7, 11) is 0. The van der Waals surface area contributed by atoms with Gasteiger partial charge >= 0.3 is 0 Å². The number of benzene rings is 1. The van der Waals surface area contributed by atoms with Crippen LogP contribution in [0.2, 0.25) is 5.02 Å². The second-order valence-electron chi connectivity index (χ2n) is 4.52. The summed E-state index contributed by atoms with van der Waals surface area (Å²) in [4.78, 5) is 11.9. The number of rotatable bonds is 3. The Balaban J connectivity index is 1.93. The minimum atomic E-state index is -0.251. The molecule has 4 heteroatoms. The molecule has 0 aliphatic heterocycles. The summed E-state index contributed by atoms with van der Waals surface area (Å²) in [5, 5.41) is 12.9. The van der Waals surface area contributed by atoms with E-state index in [9.17, 15) is 9.90 Å². The molecule has 0 heterocycles. The van der Waals surface area contributed by atoms with Crippen molar-refractivity contribution in [1.82, 2.24) is 5.32 Å². The highest BCUT2D eigenvalue weighted by Crippen LogP contribution is 2.22. The Morgan fingerprint density at radius 2 is 2.28 bits per heavy atom. The molecule has 0 spiro atoms. The van der Waals surface area contributed by atoms with Crippen LogP contribution in [0, 0.1) is 5.92 Å². The van der Waals surface area contributed by atoms with E-state index in [1.54, 1.807) is 6.07 Å². The monoisotopic (exact) mass is 265 g/mol. The number of amides is 1. The van der Waals surface area contributed by atoms with Gasteiger partial charge in [0.2, 0.25) is 0 Å². The van der Waals surface area contributed by atoms with E-state index in [4.69, 9.17) is 11.6 Å². The van der Waals surface area contributed by atoms with Crippen molar-refractivity contribution in [2.75, 3.05) is 6.54 Å². The number of hydrogen-bond donors (Lipinski definition) is 2. The fourth-order valence-electron chi connectivity index (χ4n) is 2.07. The van der Waals surface area contributed by atoms with Crippen molar-refractivity contribution in [1.29, 1.82) is 0 Å². The Morgan fingerprint density at radius 3 is 2.94 bits per heavy atom.